The van der Waals surface area contributed by atoms with Crippen LogP contribution in [-0.2, 0) is 42.2 Å². The van der Waals surface area contributed by atoms with Gasteiger partial charge in [-0.1, -0.05) is 224 Å². The van der Waals surface area contributed by atoms with Crippen molar-refractivity contribution in [2.24, 2.45) is 0 Å². The standard InChI is InChI=1S/C68H107O11P/c1-4-7-10-13-16-19-22-25-28-31-32-35-38-41-44-47-50-53-56-59-68(72)79-65(61-75-66(70)57-54-51-48-45-42-39-36-33-29-26-23-20-17-14-11-8-5-2)63-77-80(73,74)76-62-64(60-69)78-67(71)58-55-52-49-46-43-40-37-34-30-27-24-21-18-15-12-9-6-3/h7-12,16-21,25-30,32,35-36,39,41,44,50,53,64-65,69H,4-6,13-15,22-24,31,33-34,37-38,40,42-43,45-49,51-52,54-63H2,1-3H3,(H,73,74)/b10-7-,11-8-,12-9-,19-16-,20-17-,21-18-,28-25-,29-26-,30-27-,35-32-,39-36-,44-41-,53-50-. The van der Waals surface area contributed by atoms with Crippen LogP contribution in [0.15, 0.2) is 158 Å². The molecule has 0 aliphatic carbocycles. The molecule has 0 aliphatic rings. The van der Waals surface area contributed by atoms with Gasteiger partial charge in [0, 0.05) is 19.3 Å². The Morgan fingerprint density at radius 2 is 0.637 bits per heavy atom. The number of ether oxygens (including phenoxy) is 3. The number of phosphoric acid groups is 1. The smallest absolute Gasteiger partial charge is 0.462 e. The van der Waals surface area contributed by atoms with Crippen molar-refractivity contribution in [2.45, 2.75) is 226 Å². The lowest BCUT2D eigenvalue weighted by molar-refractivity contribution is -0.161. The Balaban J connectivity index is 4.89. The summed E-state index contributed by atoms with van der Waals surface area (Å²) in [5.41, 5.74) is 0. The van der Waals surface area contributed by atoms with Crippen molar-refractivity contribution in [1.82, 2.24) is 0 Å². The Morgan fingerprint density at radius 1 is 0.350 bits per heavy atom. The van der Waals surface area contributed by atoms with E-state index in [2.05, 4.69) is 167 Å². The molecule has 0 rings (SSSR count). The van der Waals surface area contributed by atoms with Gasteiger partial charge < -0.3 is 24.2 Å². The third-order valence-corrected chi connectivity index (χ3v) is 12.9. The molecule has 0 spiro atoms. The molecule has 3 unspecified atom stereocenters. The van der Waals surface area contributed by atoms with E-state index in [0.29, 0.717) is 25.7 Å². The highest BCUT2D eigenvalue weighted by Crippen LogP contribution is 2.43. The number of carbonyl (C=O) groups is 3. The van der Waals surface area contributed by atoms with Crippen molar-refractivity contribution >= 4 is 25.7 Å². The van der Waals surface area contributed by atoms with E-state index < -0.39 is 57.8 Å². The number of phosphoric ester groups is 1. The van der Waals surface area contributed by atoms with Gasteiger partial charge in [-0.15, -0.1) is 0 Å². The lowest BCUT2D eigenvalue weighted by atomic mass is 10.1. The summed E-state index contributed by atoms with van der Waals surface area (Å²) in [7, 11) is -4.79. The minimum absolute atomic E-state index is 0.0268. The van der Waals surface area contributed by atoms with Crippen molar-refractivity contribution in [3.63, 3.8) is 0 Å². The van der Waals surface area contributed by atoms with Crippen molar-refractivity contribution in [3.05, 3.63) is 158 Å². The Kier molecular flexibility index (Phi) is 56.5. The largest absolute Gasteiger partial charge is 0.472 e. The highest BCUT2D eigenvalue weighted by atomic mass is 31.2. The molecule has 0 aromatic carbocycles. The molecule has 0 aromatic heterocycles. The fraction of sp³-hybridized carbons (Fsp3) is 0.574. The van der Waals surface area contributed by atoms with E-state index in [1.165, 1.54) is 6.42 Å². The van der Waals surface area contributed by atoms with Gasteiger partial charge in [0.2, 0.25) is 0 Å². The zero-order valence-electron chi connectivity index (χ0n) is 49.7. The summed E-state index contributed by atoms with van der Waals surface area (Å²) in [6.45, 7) is 4.17. The Labute approximate surface area is 485 Å². The fourth-order valence-corrected chi connectivity index (χ4v) is 8.23. The number of esters is 3. The van der Waals surface area contributed by atoms with Crippen LogP contribution in [0.2, 0.25) is 0 Å². The van der Waals surface area contributed by atoms with Crippen LogP contribution in [0.5, 0.6) is 0 Å². The highest BCUT2D eigenvalue weighted by molar-refractivity contribution is 7.47. The summed E-state index contributed by atoms with van der Waals surface area (Å²) < 4.78 is 39.5. The van der Waals surface area contributed by atoms with Crippen LogP contribution >= 0.6 is 7.82 Å². The minimum Gasteiger partial charge on any atom is -0.462 e. The number of hydrogen-bond acceptors (Lipinski definition) is 10. The van der Waals surface area contributed by atoms with Crippen LogP contribution < -0.4 is 0 Å². The Morgan fingerprint density at radius 3 is 1.01 bits per heavy atom. The number of unbranched alkanes of at least 4 members (excludes halogenated alkanes) is 11. The number of aliphatic hydroxyl groups excluding tert-OH is 1. The molecule has 3 atom stereocenters. The number of carbonyl (C=O) groups excluding carboxylic acids is 3. The van der Waals surface area contributed by atoms with Gasteiger partial charge in [-0.25, -0.2) is 4.57 Å². The van der Waals surface area contributed by atoms with E-state index in [1.807, 2.05) is 12.2 Å². The summed E-state index contributed by atoms with van der Waals surface area (Å²) in [5, 5.41) is 9.84. The number of hydrogen-bond donors (Lipinski definition) is 2. The molecule has 0 saturated heterocycles. The molecule has 0 aliphatic heterocycles. The maximum absolute atomic E-state index is 12.9. The molecule has 0 amide bonds. The van der Waals surface area contributed by atoms with Gasteiger partial charge >= 0.3 is 25.7 Å². The molecule has 0 bridgehead atoms. The molecule has 0 radical (unpaired) electrons. The number of allylic oxidation sites excluding steroid dienone is 26. The predicted molar refractivity (Wildman–Crippen MR) is 334 cm³/mol. The van der Waals surface area contributed by atoms with E-state index in [-0.39, 0.29) is 25.9 Å². The van der Waals surface area contributed by atoms with E-state index in [0.717, 1.165) is 141 Å². The second-order valence-corrected chi connectivity index (χ2v) is 20.8. The third kappa shape index (κ3) is 57.8. The molecule has 0 aromatic rings. The maximum Gasteiger partial charge on any atom is 0.472 e. The summed E-state index contributed by atoms with van der Waals surface area (Å²) in [4.78, 5) is 48.7. The van der Waals surface area contributed by atoms with Crippen molar-refractivity contribution in [2.75, 3.05) is 26.4 Å². The first-order chi connectivity index (χ1) is 39.2. The van der Waals surface area contributed by atoms with Gasteiger partial charge in [0.1, 0.15) is 12.7 Å². The second-order valence-electron chi connectivity index (χ2n) is 19.4. The molecule has 0 fully saturated rings. The second kappa shape index (κ2) is 60.2. The molecular formula is C68H107O11P. The van der Waals surface area contributed by atoms with Gasteiger partial charge in [-0.3, -0.25) is 23.4 Å². The Bertz CT molecular complexity index is 1950. The average Bonchev–Trinajstić information content (AvgIpc) is 3.45. The third-order valence-electron chi connectivity index (χ3n) is 11.9. The topological polar surface area (TPSA) is 155 Å². The first-order valence-electron chi connectivity index (χ1n) is 30.4. The highest BCUT2D eigenvalue weighted by Gasteiger charge is 2.28. The van der Waals surface area contributed by atoms with E-state index in [1.54, 1.807) is 0 Å². The van der Waals surface area contributed by atoms with Crippen LogP contribution in [0, 0.1) is 0 Å². The molecule has 12 heteroatoms. The summed E-state index contributed by atoms with van der Waals surface area (Å²) in [6, 6.07) is 0. The maximum atomic E-state index is 12.9. The Hall–Kier alpha value is -4.90. The zero-order valence-corrected chi connectivity index (χ0v) is 50.6. The van der Waals surface area contributed by atoms with Crippen molar-refractivity contribution in [3.8, 4) is 0 Å². The van der Waals surface area contributed by atoms with E-state index >= 15 is 0 Å². The zero-order chi connectivity index (χ0) is 58.3. The number of aliphatic hydroxyl groups is 1. The predicted octanol–water partition coefficient (Wildman–Crippen LogP) is 18.5. The van der Waals surface area contributed by atoms with Crippen molar-refractivity contribution in [1.29, 1.82) is 0 Å². The van der Waals surface area contributed by atoms with E-state index in [9.17, 15) is 28.9 Å². The monoisotopic (exact) mass is 1130 g/mol. The number of rotatable bonds is 54. The molecule has 80 heavy (non-hydrogen) atoms. The molecule has 0 saturated carbocycles. The van der Waals surface area contributed by atoms with Gasteiger partial charge in [-0.2, -0.15) is 0 Å². The normalized spacial score (nSPS) is 14.4. The molecule has 11 nitrogen and oxygen atoms in total. The van der Waals surface area contributed by atoms with Crippen molar-refractivity contribution < 1.29 is 52.2 Å². The summed E-state index contributed by atoms with van der Waals surface area (Å²) >= 11 is 0. The molecule has 2 N–H and O–H groups in total. The lowest BCUT2D eigenvalue weighted by Crippen LogP contribution is -2.30. The minimum atomic E-state index is -4.79. The fourth-order valence-electron chi connectivity index (χ4n) is 7.45. The first kappa shape index (κ1) is 75.1. The van der Waals surface area contributed by atoms with Crippen LogP contribution in [0.4, 0.5) is 0 Å². The lowest BCUT2D eigenvalue weighted by Gasteiger charge is -2.21. The average molecular weight is 1130 g/mol. The molecule has 0 heterocycles. The van der Waals surface area contributed by atoms with Gasteiger partial charge in [0.25, 0.3) is 0 Å². The summed E-state index contributed by atoms with van der Waals surface area (Å²) in [6.07, 6.45) is 79.2. The van der Waals surface area contributed by atoms with Gasteiger partial charge in [0.05, 0.1) is 19.8 Å². The van der Waals surface area contributed by atoms with Crippen LogP contribution in [0.1, 0.15) is 213 Å². The van der Waals surface area contributed by atoms with E-state index in [4.69, 9.17) is 23.3 Å². The first-order valence-corrected chi connectivity index (χ1v) is 31.9. The molecule has 450 valence electrons. The molecular weight excluding hydrogens is 1020 g/mol. The quantitative estimate of drug-likeness (QED) is 0.0197. The SMILES string of the molecule is CC/C=C\C/C=C\C/C=C\C/C=C\C/C=C\C/C=C\CCC(=O)OC(COC(=O)CCCCCC/C=C\C/C=C\C/C=C\C/C=C\CC)COP(=O)(O)OCC(CO)OC(=O)CCCCCCCCC/C=C\C/C=C\C/C=C\CC. The van der Waals surface area contributed by atoms with Gasteiger partial charge in [-0.05, 0) is 128 Å². The summed E-state index contributed by atoms with van der Waals surface area (Å²) in [5.74, 6) is -1.62. The van der Waals surface area contributed by atoms with Crippen LogP contribution in [-0.4, -0.2) is 66.5 Å². The van der Waals surface area contributed by atoms with Crippen LogP contribution in [0.3, 0.4) is 0 Å². The van der Waals surface area contributed by atoms with Gasteiger partial charge in [0.15, 0.2) is 6.10 Å². The van der Waals surface area contributed by atoms with Crippen LogP contribution in [0.25, 0.3) is 0 Å².